The van der Waals surface area contributed by atoms with Gasteiger partial charge in [0.1, 0.15) is 5.69 Å². The maximum atomic E-state index is 13.3. The number of hydrogen-bond donors (Lipinski definition) is 0. The largest absolute Gasteiger partial charge is 0.355 e. The monoisotopic (exact) mass is 339 g/mol. The highest BCUT2D eigenvalue weighted by atomic mass is 16.5. The molecule has 1 heterocycles. The summed E-state index contributed by atoms with van der Waals surface area (Å²) < 4.78 is 5.64. The van der Waals surface area contributed by atoms with Crippen LogP contribution in [0, 0.1) is 6.92 Å². The van der Waals surface area contributed by atoms with E-state index in [0.717, 1.165) is 16.7 Å². The highest BCUT2D eigenvalue weighted by Gasteiger charge is 2.25. The molecule has 126 valence electrons. The second-order valence-corrected chi connectivity index (χ2v) is 6.16. The first-order valence-corrected chi connectivity index (χ1v) is 8.46. The summed E-state index contributed by atoms with van der Waals surface area (Å²) in [6, 6.07) is 26.8. The summed E-state index contributed by atoms with van der Waals surface area (Å²) in [4.78, 5) is 13.3. The molecule has 4 aromatic rings. The Balaban J connectivity index is 1.92. The van der Waals surface area contributed by atoms with Gasteiger partial charge in [-0.25, -0.2) is 0 Å². The molecule has 0 unspecified atom stereocenters. The van der Waals surface area contributed by atoms with Crippen LogP contribution in [0.2, 0.25) is 0 Å². The molecular weight excluding hydrogens is 322 g/mol. The van der Waals surface area contributed by atoms with Crippen molar-refractivity contribution in [3.8, 4) is 22.6 Å². The van der Waals surface area contributed by atoms with Crippen LogP contribution in [0.25, 0.3) is 22.6 Å². The van der Waals surface area contributed by atoms with E-state index in [0.29, 0.717) is 22.6 Å². The average molecular weight is 339 g/mol. The first-order valence-electron chi connectivity index (χ1n) is 8.46. The number of aryl methyl sites for hydroxylation is 1. The van der Waals surface area contributed by atoms with Gasteiger partial charge in [0.15, 0.2) is 11.5 Å². The molecule has 3 aromatic carbocycles. The minimum absolute atomic E-state index is 0.0960. The number of rotatable bonds is 4. The normalized spacial score (nSPS) is 10.7. The van der Waals surface area contributed by atoms with Gasteiger partial charge >= 0.3 is 0 Å². The summed E-state index contributed by atoms with van der Waals surface area (Å²) in [5.74, 6) is 0.399. The molecular formula is C23H17NO2. The van der Waals surface area contributed by atoms with Gasteiger partial charge in [0.25, 0.3) is 0 Å². The van der Waals surface area contributed by atoms with Gasteiger partial charge in [-0.15, -0.1) is 0 Å². The van der Waals surface area contributed by atoms with Gasteiger partial charge in [-0.1, -0.05) is 95.6 Å². The Hall–Kier alpha value is -3.46. The number of benzene rings is 3. The van der Waals surface area contributed by atoms with Crippen molar-refractivity contribution in [1.29, 1.82) is 0 Å². The van der Waals surface area contributed by atoms with E-state index in [9.17, 15) is 4.79 Å². The van der Waals surface area contributed by atoms with Gasteiger partial charge in [-0.2, -0.15) is 0 Å². The molecule has 1 aromatic heterocycles. The number of aromatic nitrogens is 1. The SMILES string of the molecule is Cc1ccc(-c2noc(-c3ccccc3)c2C(=O)c2ccccc2)cc1. The first-order chi connectivity index (χ1) is 12.7. The number of hydrogen-bond acceptors (Lipinski definition) is 3. The molecule has 0 fully saturated rings. The number of carbonyl (C=O) groups excluding carboxylic acids is 1. The maximum Gasteiger partial charge on any atom is 0.199 e. The Labute approximate surface area is 151 Å². The van der Waals surface area contributed by atoms with Crippen molar-refractivity contribution in [3.63, 3.8) is 0 Å². The Morgan fingerprint density at radius 1 is 0.769 bits per heavy atom. The predicted molar refractivity (Wildman–Crippen MR) is 102 cm³/mol. The van der Waals surface area contributed by atoms with Crippen LogP contribution in [-0.2, 0) is 0 Å². The second kappa shape index (κ2) is 6.81. The second-order valence-electron chi connectivity index (χ2n) is 6.16. The molecule has 3 nitrogen and oxygen atoms in total. The minimum Gasteiger partial charge on any atom is -0.355 e. The summed E-state index contributed by atoms with van der Waals surface area (Å²) in [6.45, 7) is 2.03. The van der Waals surface area contributed by atoms with Crippen molar-refractivity contribution in [1.82, 2.24) is 5.16 Å². The summed E-state index contributed by atoms with van der Waals surface area (Å²) in [6.07, 6.45) is 0. The van der Waals surface area contributed by atoms with Gasteiger partial charge in [-0.05, 0) is 6.92 Å². The van der Waals surface area contributed by atoms with Gasteiger partial charge in [-0.3, -0.25) is 4.79 Å². The number of ketones is 1. The molecule has 0 spiro atoms. The van der Waals surface area contributed by atoms with E-state index >= 15 is 0 Å². The van der Waals surface area contributed by atoms with Crippen LogP contribution in [0.4, 0.5) is 0 Å². The first kappa shape index (κ1) is 16.0. The molecule has 26 heavy (non-hydrogen) atoms. The van der Waals surface area contributed by atoms with E-state index < -0.39 is 0 Å². The molecule has 0 saturated carbocycles. The summed E-state index contributed by atoms with van der Waals surface area (Å²) in [5, 5.41) is 4.24. The third-order valence-corrected chi connectivity index (χ3v) is 4.32. The molecule has 0 aliphatic carbocycles. The third kappa shape index (κ3) is 2.95. The molecule has 0 saturated heterocycles. The molecule has 0 atom stereocenters. The minimum atomic E-state index is -0.0960. The summed E-state index contributed by atoms with van der Waals surface area (Å²) in [7, 11) is 0. The molecule has 0 N–H and O–H groups in total. The molecule has 0 aliphatic heterocycles. The molecule has 0 bridgehead atoms. The highest BCUT2D eigenvalue weighted by Crippen LogP contribution is 2.34. The molecule has 0 radical (unpaired) electrons. The summed E-state index contributed by atoms with van der Waals surface area (Å²) in [5.41, 5.74) is 4.51. The van der Waals surface area contributed by atoms with Crippen molar-refractivity contribution in [3.05, 3.63) is 102 Å². The van der Waals surface area contributed by atoms with E-state index in [1.54, 1.807) is 0 Å². The van der Waals surface area contributed by atoms with Crippen LogP contribution in [-0.4, -0.2) is 10.9 Å². The van der Waals surface area contributed by atoms with Crippen molar-refractivity contribution < 1.29 is 9.32 Å². The van der Waals surface area contributed by atoms with Crippen LogP contribution in [0.5, 0.6) is 0 Å². The smallest absolute Gasteiger partial charge is 0.199 e. The van der Waals surface area contributed by atoms with Gasteiger partial charge in [0, 0.05) is 16.7 Å². The fourth-order valence-electron chi connectivity index (χ4n) is 2.93. The van der Waals surface area contributed by atoms with Crippen LogP contribution in [0.15, 0.2) is 89.5 Å². The number of nitrogens with zero attached hydrogens (tertiary/aromatic N) is 1. The Kier molecular flexibility index (Phi) is 4.20. The van der Waals surface area contributed by atoms with Gasteiger partial charge < -0.3 is 4.52 Å². The Bertz CT molecular complexity index is 1030. The Morgan fingerprint density at radius 3 is 2.04 bits per heavy atom. The standard InChI is InChI=1S/C23H17NO2/c1-16-12-14-17(15-13-16)21-20(22(25)18-8-4-2-5-9-18)23(26-24-21)19-10-6-3-7-11-19/h2-15H,1H3. The topological polar surface area (TPSA) is 43.1 Å². The summed E-state index contributed by atoms with van der Waals surface area (Å²) >= 11 is 0. The van der Waals surface area contributed by atoms with E-state index in [2.05, 4.69) is 5.16 Å². The van der Waals surface area contributed by atoms with Crippen molar-refractivity contribution in [2.75, 3.05) is 0 Å². The Morgan fingerprint density at radius 2 is 1.38 bits per heavy atom. The van der Waals surface area contributed by atoms with E-state index in [1.807, 2.05) is 91.9 Å². The van der Waals surface area contributed by atoms with Crippen molar-refractivity contribution >= 4 is 5.78 Å². The van der Waals surface area contributed by atoms with E-state index in [4.69, 9.17) is 4.52 Å². The van der Waals surface area contributed by atoms with Gasteiger partial charge in [0.2, 0.25) is 0 Å². The fraction of sp³-hybridized carbons (Fsp3) is 0.0435. The lowest BCUT2D eigenvalue weighted by Crippen LogP contribution is -2.03. The van der Waals surface area contributed by atoms with Gasteiger partial charge in [0.05, 0.1) is 5.56 Å². The maximum absolute atomic E-state index is 13.3. The van der Waals surface area contributed by atoms with Crippen LogP contribution in [0.3, 0.4) is 0 Å². The molecule has 4 rings (SSSR count). The predicted octanol–water partition coefficient (Wildman–Crippen LogP) is 5.55. The average Bonchev–Trinajstić information content (AvgIpc) is 3.14. The van der Waals surface area contributed by atoms with Crippen molar-refractivity contribution in [2.45, 2.75) is 6.92 Å². The van der Waals surface area contributed by atoms with E-state index in [1.165, 1.54) is 0 Å². The highest BCUT2D eigenvalue weighted by molar-refractivity contribution is 6.15. The van der Waals surface area contributed by atoms with Crippen LogP contribution < -0.4 is 0 Å². The zero-order chi connectivity index (χ0) is 17.9. The molecule has 0 aliphatic rings. The van der Waals surface area contributed by atoms with Crippen molar-refractivity contribution in [2.24, 2.45) is 0 Å². The zero-order valence-corrected chi connectivity index (χ0v) is 14.3. The van der Waals surface area contributed by atoms with Crippen LogP contribution >= 0.6 is 0 Å². The third-order valence-electron chi connectivity index (χ3n) is 4.32. The lowest BCUT2D eigenvalue weighted by atomic mass is 9.95. The fourth-order valence-corrected chi connectivity index (χ4v) is 2.93. The lowest BCUT2D eigenvalue weighted by molar-refractivity contribution is 0.103. The molecule has 0 amide bonds. The van der Waals surface area contributed by atoms with E-state index in [-0.39, 0.29) is 5.78 Å². The quantitative estimate of drug-likeness (QED) is 0.458. The lowest BCUT2D eigenvalue weighted by Gasteiger charge is -2.05. The molecule has 3 heteroatoms. The van der Waals surface area contributed by atoms with Crippen LogP contribution in [0.1, 0.15) is 21.5 Å². The zero-order valence-electron chi connectivity index (χ0n) is 14.3. The number of carbonyl (C=O) groups is 1.